The molecule has 0 aromatic rings. The van der Waals surface area contributed by atoms with Crippen LogP contribution in [0.1, 0.15) is 0 Å². The van der Waals surface area contributed by atoms with Crippen LogP contribution in [0.3, 0.4) is 0 Å². The summed E-state index contributed by atoms with van der Waals surface area (Å²) in [7, 11) is 0. The first-order valence-electron chi connectivity index (χ1n) is 2.53. The zero-order chi connectivity index (χ0) is 9.99. The van der Waals surface area contributed by atoms with Gasteiger partial charge < -0.3 is 5.41 Å². The van der Waals surface area contributed by atoms with E-state index in [9.17, 15) is 22.0 Å². The van der Waals surface area contributed by atoms with Crippen molar-refractivity contribution in [2.24, 2.45) is 0 Å². The Morgan fingerprint density at radius 1 is 1.25 bits per heavy atom. The molecule has 0 radical (unpaired) electrons. The van der Waals surface area contributed by atoms with E-state index in [0.717, 1.165) is 0 Å². The van der Waals surface area contributed by atoms with E-state index in [1.807, 2.05) is 0 Å². The van der Waals surface area contributed by atoms with Crippen molar-refractivity contribution in [1.29, 1.82) is 5.41 Å². The van der Waals surface area contributed by atoms with Crippen LogP contribution in [0.25, 0.3) is 0 Å². The smallest absolute Gasteiger partial charge is 0.308 e. The van der Waals surface area contributed by atoms with Crippen molar-refractivity contribution < 1.29 is 22.0 Å². The van der Waals surface area contributed by atoms with Gasteiger partial charge in [-0.2, -0.15) is 22.0 Å². The van der Waals surface area contributed by atoms with Gasteiger partial charge >= 0.3 is 11.4 Å². The maximum Gasteiger partial charge on any atom is 0.464 e. The highest BCUT2D eigenvalue weighted by molar-refractivity contribution is 8.04. The Hall–Kier alpha value is -0.590. The van der Waals surface area contributed by atoms with Gasteiger partial charge in [0.25, 0.3) is 0 Å². The maximum absolute atomic E-state index is 12.0. The normalized spacial score (nSPS) is 12.8. The van der Waals surface area contributed by atoms with Gasteiger partial charge in [0.15, 0.2) is 0 Å². The largest absolute Gasteiger partial charge is 0.464 e. The van der Waals surface area contributed by atoms with Crippen LogP contribution >= 0.6 is 11.8 Å². The molecule has 0 aliphatic rings. The quantitative estimate of drug-likeness (QED) is 0.555. The van der Waals surface area contributed by atoms with E-state index in [0.29, 0.717) is 6.21 Å². The van der Waals surface area contributed by atoms with Gasteiger partial charge in [-0.1, -0.05) is 6.58 Å². The molecule has 0 aliphatic carbocycles. The number of hydrogen-bond donors (Lipinski definition) is 1. The van der Waals surface area contributed by atoms with Gasteiger partial charge in [-0.15, -0.1) is 0 Å². The second-order valence-electron chi connectivity index (χ2n) is 1.73. The molecular formula is C5H4F5NS. The molecule has 0 heterocycles. The summed E-state index contributed by atoms with van der Waals surface area (Å²) < 4.78 is 58.4. The lowest BCUT2D eigenvalue weighted by Crippen LogP contribution is -2.32. The van der Waals surface area contributed by atoms with Crippen molar-refractivity contribution in [2.75, 3.05) is 0 Å². The number of allylic oxidation sites excluding steroid dienone is 1. The first-order chi connectivity index (χ1) is 5.20. The van der Waals surface area contributed by atoms with E-state index in [4.69, 9.17) is 5.41 Å². The van der Waals surface area contributed by atoms with Crippen molar-refractivity contribution in [3.05, 3.63) is 11.5 Å². The highest BCUT2D eigenvalue weighted by atomic mass is 32.2. The average Bonchev–Trinajstić information content (AvgIpc) is 1.84. The minimum absolute atomic E-state index is 0.338. The summed E-state index contributed by atoms with van der Waals surface area (Å²) in [6.45, 7) is 2.81. The lowest BCUT2D eigenvalue weighted by molar-refractivity contribution is -0.237. The fourth-order valence-corrected chi connectivity index (χ4v) is 0.756. The average molecular weight is 205 g/mol. The predicted molar refractivity (Wildman–Crippen MR) is 36.5 cm³/mol. The number of alkyl halides is 5. The third-order valence-corrected chi connectivity index (χ3v) is 1.62. The minimum atomic E-state index is -5.61. The molecule has 0 fully saturated rings. The van der Waals surface area contributed by atoms with Gasteiger partial charge in [0.2, 0.25) is 0 Å². The SMILES string of the molecule is C=C(C=N)SC(F)(F)C(F)(F)F. The van der Waals surface area contributed by atoms with Crippen molar-refractivity contribution in [3.8, 4) is 0 Å². The Labute approximate surface area is 69.1 Å². The minimum Gasteiger partial charge on any atom is -0.308 e. The van der Waals surface area contributed by atoms with Crippen LogP contribution < -0.4 is 0 Å². The molecule has 0 bridgehead atoms. The van der Waals surface area contributed by atoms with Gasteiger partial charge in [-0.05, 0) is 11.8 Å². The molecule has 0 aromatic heterocycles. The third kappa shape index (κ3) is 2.80. The van der Waals surface area contributed by atoms with Crippen molar-refractivity contribution in [2.45, 2.75) is 11.4 Å². The summed E-state index contributed by atoms with van der Waals surface area (Å²) in [5.74, 6) is 0. The molecule has 70 valence electrons. The molecule has 12 heavy (non-hydrogen) atoms. The van der Waals surface area contributed by atoms with Crippen LogP contribution in [0.4, 0.5) is 22.0 Å². The number of rotatable bonds is 3. The number of thioether (sulfide) groups is 1. The zero-order valence-corrected chi connectivity index (χ0v) is 6.40. The summed E-state index contributed by atoms with van der Waals surface area (Å²) in [5, 5.41) is 1.47. The van der Waals surface area contributed by atoms with Crippen LogP contribution in [0, 0.1) is 5.41 Å². The molecule has 0 unspecified atom stereocenters. The Bertz CT molecular complexity index is 197. The molecule has 0 amide bonds. The summed E-state index contributed by atoms with van der Waals surface area (Å²) in [6.07, 6.45) is -5.27. The molecular weight excluding hydrogens is 201 g/mol. The van der Waals surface area contributed by atoms with E-state index in [-0.39, 0.29) is 0 Å². The van der Waals surface area contributed by atoms with Crippen LogP contribution in [0.5, 0.6) is 0 Å². The second-order valence-corrected chi connectivity index (χ2v) is 2.97. The van der Waals surface area contributed by atoms with Gasteiger partial charge in [-0.3, -0.25) is 0 Å². The molecule has 1 nitrogen and oxygen atoms in total. The van der Waals surface area contributed by atoms with Gasteiger partial charge in [0.1, 0.15) is 0 Å². The van der Waals surface area contributed by atoms with Crippen LogP contribution in [-0.2, 0) is 0 Å². The van der Waals surface area contributed by atoms with E-state index in [1.54, 1.807) is 0 Å². The summed E-state index contributed by atoms with van der Waals surface area (Å²) in [5.41, 5.74) is 0. The third-order valence-electron chi connectivity index (χ3n) is 0.750. The summed E-state index contributed by atoms with van der Waals surface area (Å²) in [6, 6.07) is 0. The number of halogens is 5. The molecule has 0 saturated heterocycles. The first-order valence-corrected chi connectivity index (χ1v) is 3.35. The van der Waals surface area contributed by atoms with E-state index >= 15 is 0 Å². The van der Waals surface area contributed by atoms with E-state index in [2.05, 4.69) is 6.58 Å². The highest BCUT2D eigenvalue weighted by Gasteiger charge is 2.58. The molecule has 0 aromatic carbocycles. The second kappa shape index (κ2) is 3.42. The number of hydrogen-bond acceptors (Lipinski definition) is 2. The number of nitrogens with one attached hydrogen (secondary N) is 1. The van der Waals surface area contributed by atoms with Crippen molar-refractivity contribution in [1.82, 2.24) is 0 Å². The lowest BCUT2D eigenvalue weighted by Gasteiger charge is -2.17. The topological polar surface area (TPSA) is 23.9 Å². The zero-order valence-electron chi connectivity index (χ0n) is 5.58. The van der Waals surface area contributed by atoms with E-state index in [1.165, 1.54) is 0 Å². The molecule has 0 rings (SSSR count). The van der Waals surface area contributed by atoms with Crippen molar-refractivity contribution in [3.63, 3.8) is 0 Å². The summed E-state index contributed by atoms with van der Waals surface area (Å²) >= 11 is -0.787. The first kappa shape index (κ1) is 11.4. The molecule has 0 atom stereocenters. The monoisotopic (exact) mass is 205 g/mol. The van der Waals surface area contributed by atoms with Crippen LogP contribution in [0.15, 0.2) is 11.5 Å². The van der Waals surface area contributed by atoms with Crippen LogP contribution in [-0.4, -0.2) is 17.6 Å². The lowest BCUT2D eigenvalue weighted by atomic mass is 10.7. The van der Waals surface area contributed by atoms with E-state index < -0.39 is 28.1 Å². The van der Waals surface area contributed by atoms with Gasteiger partial charge in [0.05, 0.1) is 0 Å². The molecule has 7 heteroatoms. The molecule has 0 spiro atoms. The predicted octanol–water partition coefficient (Wildman–Crippen LogP) is 3.04. The fraction of sp³-hybridized carbons (Fsp3) is 0.400. The van der Waals surface area contributed by atoms with Crippen molar-refractivity contribution >= 4 is 18.0 Å². The molecule has 0 saturated carbocycles. The van der Waals surface area contributed by atoms with Crippen LogP contribution in [0.2, 0.25) is 0 Å². The highest BCUT2D eigenvalue weighted by Crippen LogP contribution is 2.46. The van der Waals surface area contributed by atoms with Gasteiger partial charge in [0, 0.05) is 11.1 Å². The Kier molecular flexibility index (Phi) is 3.25. The standard InChI is InChI=1S/C5H4F5NS/c1-3(2-11)12-5(9,10)4(6,7)8/h2,11H,1H2. The Morgan fingerprint density at radius 3 is 1.92 bits per heavy atom. The maximum atomic E-state index is 12.0. The Balaban J connectivity index is 4.43. The van der Waals surface area contributed by atoms with Gasteiger partial charge in [-0.25, -0.2) is 0 Å². The summed E-state index contributed by atoms with van der Waals surface area (Å²) in [4.78, 5) is -0.641. The fourth-order valence-electron chi connectivity index (χ4n) is 0.252. The molecule has 0 aliphatic heterocycles. The molecule has 1 N–H and O–H groups in total. The Morgan fingerprint density at radius 2 is 1.67 bits per heavy atom.